The molecule has 2 heteroatoms. The molecular formula is C66H44N2. The standard InChI is InChI=1S/C66H44N2/c1-2-20-51(21-3-1)67(52-38-36-46(37-39-52)45-32-34-48(35-33-45)56-29-15-18-47-16-4-6-23-55(47)56)54-40-41-58(64(44-54)63-43-50-17-5-7-24-57(50)59-25-8-9-26-60(59)63)49-19-14-22-53(42-49)68-65-30-12-10-27-61(65)62-28-11-13-31-66(62)68/h1-44H. The lowest BCUT2D eigenvalue weighted by atomic mass is 9.88. The van der Waals surface area contributed by atoms with Gasteiger partial charge in [0.25, 0.3) is 0 Å². The zero-order valence-corrected chi connectivity index (χ0v) is 37.3. The van der Waals surface area contributed by atoms with Crippen LogP contribution in [0.25, 0.3) is 104 Å². The smallest absolute Gasteiger partial charge is 0.0541 e. The topological polar surface area (TPSA) is 8.17 Å². The minimum absolute atomic E-state index is 1.08. The summed E-state index contributed by atoms with van der Waals surface area (Å²) < 4.78 is 2.41. The van der Waals surface area contributed by atoms with Gasteiger partial charge >= 0.3 is 0 Å². The highest BCUT2D eigenvalue weighted by Gasteiger charge is 2.20. The first kappa shape index (κ1) is 39.4. The Hall–Kier alpha value is -8.98. The van der Waals surface area contributed by atoms with E-state index in [9.17, 15) is 0 Å². The maximum absolute atomic E-state index is 2.41. The molecule has 0 saturated carbocycles. The van der Waals surface area contributed by atoms with E-state index in [0.717, 1.165) is 28.3 Å². The van der Waals surface area contributed by atoms with Gasteiger partial charge in [0, 0.05) is 33.5 Å². The predicted molar refractivity (Wildman–Crippen MR) is 290 cm³/mol. The van der Waals surface area contributed by atoms with Crippen molar-refractivity contribution in [3.8, 4) is 50.2 Å². The van der Waals surface area contributed by atoms with Crippen LogP contribution in [0.4, 0.5) is 17.1 Å². The van der Waals surface area contributed by atoms with Crippen LogP contribution < -0.4 is 4.90 Å². The number of anilines is 3. The molecule has 2 nitrogen and oxygen atoms in total. The molecule has 0 saturated heterocycles. The number of fused-ring (bicyclic) bond motifs is 7. The van der Waals surface area contributed by atoms with Gasteiger partial charge in [-0.05, 0) is 144 Å². The fourth-order valence-corrected chi connectivity index (χ4v) is 10.6. The Morgan fingerprint density at radius 3 is 1.50 bits per heavy atom. The van der Waals surface area contributed by atoms with Crippen LogP contribution in [0.2, 0.25) is 0 Å². The molecule has 0 N–H and O–H groups in total. The van der Waals surface area contributed by atoms with E-state index in [2.05, 4.69) is 276 Å². The lowest BCUT2D eigenvalue weighted by Gasteiger charge is -2.27. The Morgan fingerprint density at radius 1 is 0.235 bits per heavy atom. The van der Waals surface area contributed by atoms with E-state index >= 15 is 0 Å². The summed E-state index contributed by atoms with van der Waals surface area (Å²) in [5.74, 6) is 0. The minimum atomic E-state index is 1.08. The van der Waals surface area contributed by atoms with E-state index < -0.39 is 0 Å². The summed E-state index contributed by atoms with van der Waals surface area (Å²) in [4.78, 5) is 2.39. The Labute approximate surface area is 395 Å². The van der Waals surface area contributed by atoms with E-state index in [0.29, 0.717) is 0 Å². The monoisotopic (exact) mass is 864 g/mol. The summed E-state index contributed by atoms with van der Waals surface area (Å²) in [7, 11) is 0. The van der Waals surface area contributed by atoms with Crippen molar-refractivity contribution in [1.29, 1.82) is 0 Å². The summed E-state index contributed by atoms with van der Waals surface area (Å²) in [6.45, 7) is 0. The van der Waals surface area contributed by atoms with Gasteiger partial charge in [-0.2, -0.15) is 0 Å². The third-order valence-electron chi connectivity index (χ3n) is 13.8. The van der Waals surface area contributed by atoms with Crippen molar-refractivity contribution in [3.63, 3.8) is 0 Å². The lowest BCUT2D eigenvalue weighted by molar-refractivity contribution is 1.18. The van der Waals surface area contributed by atoms with Crippen LogP contribution in [-0.2, 0) is 0 Å². The third kappa shape index (κ3) is 6.73. The number of nitrogens with zero attached hydrogens (tertiary/aromatic N) is 2. The normalized spacial score (nSPS) is 11.5. The molecule has 0 aliphatic rings. The fourth-order valence-electron chi connectivity index (χ4n) is 10.6. The molecule has 0 bridgehead atoms. The van der Waals surface area contributed by atoms with Gasteiger partial charge < -0.3 is 9.47 Å². The lowest BCUT2D eigenvalue weighted by Crippen LogP contribution is -2.10. The average molecular weight is 865 g/mol. The highest BCUT2D eigenvalue weighted by Crippen LogP contribution is 2.45. The number of benzene rings is 12. The zero-order valence-electron chi connectivity index (χ0n) is 37.3. The van der Waals surface area contributed by atoms with Crippen LogP contribution in [0.1, 0.15) is 0 Å². The molecule has 68 heavy (non-hydrogen) atoms. The first-order valence-corrected chi connectivity index (χ1v) is 23.4. The van der Waals surface area contributed by atoms with E-state index in [-0.39, 0.29) is 0 Å². The quantitative estimate of drug-likeness (QED) is 0.138. The summed E-state index contributed by atoms with van der Waals surface area (Å²) >= 11 is 0. The first-order valence-electron chi connectivity index (χ1n) is 23.4. The van der Waals surface area contributed by atoms with Gasteiger partial charge in [-0.15, -0.1) is 0 Å². The van der Waals surface area contributed by atoms with Crippen LogP contribution >= 0.6 is 0 Å². The second-order valence-corrected chi connectivity index (χ2v) is 17.7. The van der Waals surface area contributed by atoms with Crippen molar-refractivity contribution in [3.05, 3.63) is 267 Å². The minimum Gasteiger partial charge on any atom is -0.310 e. The molecule has 0 fully saturated rings. The van der Waals surface area contributed by atoms with Crippen molar-refractivity contribution in [1.82, 2.24) is 4.57 Å². The molecule has 1 heterocycles. The molecule has 0 atom stereocenters. The van der Waals surface area contributed by atoms with E-state index in [1.807, 2.05) is 0 Å². The third-order valence-corrected chi connectivity index (χ3v) is 13.8. The number of rotatable bonds is 8. The molecule has 0 aliphatic carbocycles. The molecule has 0 spiro atoms. The van der Waals surface area contributed by atoms with Crippen LogP contribution in [0.15, 0.2) is 267 Å². The highest BCUT2D eigenvalue weighted by atomic mass is 15.1. The summed E-state index contributed by atoms with van der Waals surface area (Å²) in [6, 6.07) is 97.6. The van der Waals surface area contributed by atoms with Crippen molar-refractivity contribution >= 4 is 71.2 Å². The molecule has 0 radical (unpaired) electrons. The molecule has 0 amide bonds. The first-order chi connectivity index (χ1) is 33.7. The van der Waals surface area contributed by atoms with Gasteiger partial charge in [0.2, 0.25) is 0 Å². The second kappa shape index (κ2) is 16.5. The number of hydrogen-bond acceptors (Lipinski definition) is 1. The van der Waals surface area contributed by atoms with E-state index in [4.69, 9.17) is 0 Å². The van der Waals surface area contributed by atoms with Crippen molar-refractivity contribution in [2.45, 2.75) is 0 Å². The molecule has 13 aromatic rings. The summed E-state index contributed by atoms with van der Waals surface area (Å²) in [5, 5.41) is 9.98. The molecule has 12 aromatic carbocycles. The molecule has 318 valence electrons. The fraction of sp³-hybridized carbons (Fsp3) is 0. The molecule has 0 aliphatic heterocycles. The van der Waals surface area contributed by atoms with Crippen LogP contribution in [0.5, 0.6) is 0 Å². The van der Waals surface area contributed by atoms with Gasteiger partial charge in [0.15, 0.2) is 0 Å². The average Bonchev–Trinajstić information content (AvgIpc) is 3.75. The van der Waals surface area contributed by atoms with Crippen molar-refractivity contribution in [2.75, 3.05) is 4.90 Å². The maximum Gasteiger partial charge on any atom is 0.0541 e. The largest absolute Gasteiger partial charge is 0.310 e. The summed E-state index contributed by atoms with van der Waals surface area (Å²) in [5.41, 5.74) is 16.3. The van der Waals surface area contributed by atoms with Crippen molar-refractivity contribution in [2.24, 2.45) is 0 Å². The van der Waals surface area contributed by atoms with Crippen LogP contribution in [0, 0.1) is 0 Å². The van der Waals surface area contributed by atoms with Gasteiger partial charge in [-0.3, -0.25) is 0 Å². The van der Waals surface area contributed by atoms with E-state index in [1.165, 1.54) is 93.1 Å². The van der Waals surface area contributed by atoms with Crippen LogP contribution in [0.3, 0.4) is 0 Å². The van der Waals surface area contributed by atoms with Gasteiger partial charge in [-0.1, -0.05) is 200 Å². The number of aromatic nitrogens is 1. The zero-order chi connectivity index (χ0) is 45.0. The molecule has 0 unspecified atom stereocenters. The van der Waals surface area contributed by atoms with Crippen molar-refractivity contribution < 1.29 is 0 Å². The number of para-hydroxylation sites is 3. The maximum atomic E-state index is 2.41. The number of hydrogen-bond donors (Lipinski definition) is 0. The molecule has 13 rings (SSSR count). The molecular weight excluding hydrogens is 821 g/mol. The van der Waals surface area contributed by atoms with Gasteiger partial charge in [0.05, 0.1) is 11.0 Å². The summed E-state index contributed by atoms with van der Waals surface area (Å²) in [6.07, 6.45) is 0. The van der Waals surface area contributed by atoms with Gasteiger partial charge in [-0.25, -0.2) is 0 Å². The molecule has 1 aromatic heterocycles. The second-order valence-electron chi connectivity index (χ2n) is 17.7. The Morgan fingerprint density at radius 2 is 0.765 bits per heavy atom. The predicted octanol–water partition coefficient (Wildman–Crippen LogP) is 18.4. The van der Waals surface area contributed by atoms with E-state index in [1.54, 1.807) is 0 Å². The Kier molecular flexibility index (Phi) is 9.54. The SMILES string of the molecule is c1ccc(N(c2ccc(-c3ccc(-c4cccc5ccccc45)cc3)cc2)c2ccc(-c3cccc(-n4c5ccccc5c5ccccc54)c3)c(-c3cc4ccccc4c4ccccc34)c2)cc1. The Bertz CT molecular complexity index is 3950. The van der Waals surface area contributed by atoms with Crippen LogP contribution in [-0.4, -0.2) is 4.57 Å². The highest BCUT2D eigenvalue weighted by molar-refractivity contribution is 6.15. The Balaban J connectivity index is 0.959. The van der Waals surface area contributed by atoms with Gasteiger partial charge in [0.1, 0.15) is 0 Å².